The molecule has 1 unspecified atom stereocenters. The number of likely N-dealkylation sites (N-methyl/N-ethyl adjacent to an activating group) is 1. The number of rotatable bonds is 10. The summed E-state index contributed by atoms with van der Waals surface area (Å²) in [6.45, 7) is 12.7. The predicted octanol–water partition coefficient (Wildman–Crippen LogP) is 3.95. The molecule has 0 bridgehead atoms. The zero-order chi connectivity index (χ0) is 21.9. The van der Waals surface area contributed by atoms with Crippen molar-refractivity contribution in [3.63, 3.8) is 0 Å². The van der Waals surface area contributed by atoms with E-state index in [0.717, 1.165) is 65.0 Å². The highest BCUT2D eigenvalue weighted by Gasteiger charge is 2.19. The van der Waals surface area contributed by atoms with Crippen LogP contribution in [0.3, 0.4) is 0 Å². The Morgan fingerprint density at radius 1 is 1.12 bits per heavy atom. The molecule has 1 aromatic heterocycles. The van der Waals surface area contributed by atoms with E-state index in [2.05, 4.69) is 80.4 Å². The van der Waals surface area contributed by atoms with E-state index in [0.29, 0.717) is 6.04 Å². The van der Waals surface area contributed by atoms with Gasteiger partial charge in [0.1, 0.15) is 0 Å². The average molecular weight is 572 g/mol. The zero-order valence-electron chi connectivity index (χ0n) is 19.5. The van der Waals surface area contributed by atoms with Crippen molar-refractivity contribution in [1.82, 2.24) is 20.4 Å². The number of benzene rings is 1. The lowest BCUT2D eigenvalue weighted by Gasteiger charge is -2.30. The van der Waals surface area contributed by atoms with Gasteiger partial charge in [0.15, 0.2) is 5.96 Å². The fourth-order valence-electron chi connectivity index (χ4n) is 4.06. The first-order chi connectivity index (χ1) is 15.2. The molecule has 2 heterocycles. The highest BCUT2D eigenvalue weighted by molar-refractivity contribution is 14.0. The van der Waals surface area contributed by atoms with E-state index in [1.54, 1.807) is 11.3 Å². The van der Waals surface area contributed by atoms with Gasteiger partial charge in [0.2, 0.25) is 0 Å². The van der Waals surface area contributed by atoms with E-state index in [-0.39, 0.29) is 24.0 Å². The van der Waals surface area contributed by atoms with E-state index in [4.69, 9.17) is 4.74 Å². The molecule has 1 atom stereocenters. The first-order valence-corrected chi connectivity index (χ1v) is 12.3. The van der Waals surface area contributed by atoms with Gasteiger partial charge in [0.05, 0.1) is 19.3 Å². The number of nitrogens with one attached hydrogen (secondary N) is 2. The molecular formula is C24H38IN5OS. The number of guanidine groups is 1. The molecule has 1 aliphatic rings. The van der Waals surface area contributed by atoms with Crippen LogP contribution in [0.25, 0.3) is 0 Å². The third-order valence-corrected chi connectivity index (χ3v) is 6.63. The number of hydrogen-bond donors (Lipinski definition) is 2. The van der Waals surface area contributed by atoms with Crippen LogP contribution in [0.2, 0.25) is 0 Å². The Balaban J connectivity index is 0.00000363. The summed E-state index contributed by atoms with van der Waals surface area (Å²) in [5.41, 5.74) is 4.05. The summed E-state index contributed by atoms with van der Waals surface area (Å²) in [6, 6.07) is 11.3. The van der Waals surface area contributed by atoms with E-state index in [1.807, 2.05) is 7.05 Å². The van der Waals surface area contributed by atoms with Gasteiger partial charge in [0, 0.05) is 39.8 Å². The van der Waals surface area contributed by atoms with Crippen LogP contribution in [0.15, 0.2) is 46.1 Å². The van der Waals surface area contributed by atoms with Crippen LogP contribution in [-0.2, 0) is 17.8 Å². The van der Waals surface area contributed by atoms with Crippen molar-refractivity contribution in [2.45, 2.75) is 33.0 Å². The van der Waals surface area contributed by atoms with Gasteiger partial charge in [-0.2, -0.15) is 11.3 Å². The standard InChI is InChI=1S/C24H37N5OS.HI/c1-4-29(5-2)23(22-10-15-31-19-22)17-27-24(25-3)26-16-20-8-6-7-9-21(20)18-28-11-13-30-14-12-28;/h6-10,15,19,23H,4-5,11-14,16-18H2,1-3H3,(H2,25,26,27);1H. The van der Waals surface area contributed by atoms with Crippen molar-refractivity contribution in [2.24, 2.45) is 4.99 Å². The molecule has 8 heteroatoms. The normalized spacial score (nSPS) is 15.9. The van der Waals surface area contributed by atoms with Crippen molar-refractivity contribution in [1.29, 1.82) is 0 Å². The topological polar surface area (TPSA) is 52.1 Å². The van der Waals surface area contributed by atoms with Crippen molar-refractivity contribution in [2.75, 3.05) is 53.0 Å². The van der Waals surface area contributed by atoms with Crippen LogP contribution in [0.4, 0.5) is 0 Å². The number of ether oxygens (including phenoxy) is 1. The van der Waals surface area contributed by atoms with E-state index < -0.39 is 0 Å². The van der Waals surface area contributed by atoms with Crippen LogP contribution < -0.4 is 10.6 Å². The maximum atomic E-state index is 5.49. The molecule has 178 valence electrons. The zero-order valence-corrected chi connectivity index (χ0v) is 22.7. The fraction of sp³-hybridized carbons (Fsp3) is 0.542. The van der Waals surface area contributed by atoms with Gasteiger partial charge in [-0.3, -0.25) is 14.8 Å². The van der Waals surface area contributed by atoms with Crippen molar-refractivity contribution in [3.05, 3.63) is 57.8 Å². The molecule has 0 radical (unpaired) electrons. The fourth-order valence-corrected chi connectivity index (χ4v) is 4.77. The summed E-state index contributed by atoms with van der Waals surface area (Å²) in [7, 11) is 1.84. The van der Waals surface area contributed by atoms with Gasteiger partial charge in [-0.15, -0.1) is 24.0 Å². The Bertz CT molecular complexity index is 791. The van der Waals surface area contributed by atoms with Crippen molar-refractivity contribution in [3.8, 4) is 0 Å². The van der Waals surface area contributed by atoms with Crippen LogP contribution in [0.1, 0.15) is 36.6 Å². The Kier molecular flexibility index (Phi) is 12.6. The SMILES string of the molecule is CCN(CC)C(CNC(=NC)NCc1ccccc1CN1CCOCC1)c1ccsc1.I. The minimum Gasteiger partial charge on any atom is -0.379 e. The molecule has 0 spiro atoms. The van der Waals surface area contributed by atoms with Gasteiger partial charge in [0.25, 0.3) is 0 Å². The lowest BCUT2D eigenvalue weighted by Crippen LogP contribution is -2.43. The van der Waals surface area contributed by atoms with Crippen LogP contribution in [-0.4, -0.2) is 68.7 Å². The molecule has 1 aliphatic heterocycles. The Labute approximate surface area is 214 Å². The third kappa shape index (κ3) is 7.98. The first kappa shape index (κ1) is 27.0. The molecule has 1 fully saturated rings. The van der Waals surface area contributed by atoms with Crippen LogP contribution >= 0.6 is 35.3 Å². The maximum absolute atomic E-state index is 5.49. The number of aliphatic imine (C=N–C) groups is 1. The molecule has 0 amide bonds. The van der Waals surface area contributed by atoms with Gasteiger partial charge in [-0.1, -0.05) is 38.1 Å². The summed E-state index contributed by atoms with van der Waals surface area (Å²) in [5, 5.41) is 11.5. The molecule has 2 N–H and O–H groups in total. The molecule has 0 saturated carbocycles. The smallest absolute Gasteiger partial charge is 0.191 e. The molecule has 2 aromatic rings. The molecule has 1 aromatic carbocycles. The van der Waals surface area contributed by atoms with E-state index >= 15 is 0 Å². The lowest BCUT2D eigenvalue weighted by atomic mass is 10.1. The lowest BCUT2D eigenvalue weighted by molar-refractivity contribution is 0.0341. The van der Waals surface area contributed by atoms with Gasteiger partial charge >= 0.3 is 0 Å². The summed E-state index contributed by atoms with van der Waals surface area (Å²) in [4.78, 5) is 9.41. The maximum Gasteiger partial charge on any atom is 0.191 e. The Morgan fingerprint density at radius 2 is 1.84 bits per heavy atom. The number of thiophene rings is 1. The average Bonchev–Trinajstić information content (AvgIpc) is 3.34. The molecule has 3 rings (SSSR count). The van der Waals surface area contributed by atoms with Gasteiger partial charge in [-0.05, 0) is 46.6 Å². The van der Waals surface area contributed by atoms with Crippen LogP contribution in [0, 0.1) is 0 Å². The van der Waals surface area contributed by atoms with Gasteiger partial charge < -0.3 is 15.4 Å². The third-order valence-electron chi connectivity index (χ3n) is 5.93. The predicted molar refractivity (Wildman–Crippen MR) is 146 cm³/mol. The van der Waals surface area contributed by atoms with Crippen molar-refractivity contribution >= 4 is 41.3 Å². The molecule has 32 heavy (non-hydrogen) atoms. The number of morpholine rings is 1. The minimum absolute atomic E-state index is 0. The van der Waals surface area contributed by atoms with Crippen molar-refractivity contribution < 1.29 is 4.74 Å². The molecule has 6 nitrogen and oxygen atoms in total. The second-order valence-electron chi connectivity index (χ2n) is 7.76. The largest absolute Gasteiger partial charge is 0.379 e. The summed E-state index contributed by atoms with van der Waals surface area (Å²) in [5.74, 6) is 0.841. The second-order valence-corrected chi connectivity index (χ2v) is 8.54. The first-order valence-electron chi connectivity index (χ1n) is 11.3. The van der Waals surface area contributed by atoms with Crippen LogP contribution in [0.5, 0.6) is 0 Å². The van der Waals surface area contributed by atoms with Gasteiger partial charge in [-0.25, -0.2) is 0 Å². The Hall–Kier alpha value is -1.20. The van der Waals surface area contributed by atoms with E-state index in [1.165, 1.54) is 16.7 Å². The molecule has 0 aliphatic carbocycles. The second kappa shape index (κ2) is 14.8. The van der Waals surface area contributed by atoms with E-state index in [9.17, 15) is 0 Å². The Morgan fingerprint density at radius 3 is 2.47 bits per heavy atom. The summed E-state index contributed by atoms with van der Waals surface area (Å²) < 4.78 is 5.49. The highest BCUT2D eigenvalue weighted by atomic mass is 127. The highest BCUT2D eigenvalue weighted by Crippen LogP contribution is 2.22. The minimum atomic E-state index is 0. The number of halogens is 1. The molecule has 1 saturated heterocycles. The molecular weight excluding hydrogens is 533 g/mol. The summed E-state index contributed by atoms with van der Waals surface area (Å²) in [6.07, 6.45) is 0. The number of hydrogen-bond acceptors (Lipinski definition) is 5. The summed E-state index contributed by atoms with van der Waals surface area (Å²) >= 11 is 1.76. The monoisotopic (exact) mass is 571 g/mol. The quantitative estimate of drug-likeness (QED) is 0.257. The number of nitrogens with zero attached hydrogens (tertiary/aromatic N) is 3.